The van der Waals surface area contributed by atoms with E-state index in [1.807, 2.05) is 24.3 Å². The molecule has 0 N–H and O–H groups in total. The molecular formula is C22H19ClF3N3O2. The monoisotopic (exact) mass is 449 g/mol. The van der Waals surface area contributed by atoms with Crippen molar-refractivity contribution in [2.45, 2.75) is 18.5 Å². The molecule has 0 aliphatic carbocycles. The Morgan fingerprint density at radius 1 is 1.13 bits per heavy atom. The Bertz CT molecular complexity index is 1080. The summed E-state index contributed by atoms with van der Waals surface area (Å²) < 4.78 is 47.6. The minimum absolute atomic E-state index is 0.0514. The molecule has 2 aromatic carbocycles. The standard InChI is InChI=1S/C22H19ClF3N3O2/c1-31-18-8-2-14(3-9-18)15-10-11-28(13-15)21(30)19-12-27-29(20(19)22(24,25)26)17-6-4-16(23)5-7-17/h2-9,12,15H,10-11,13H2,1H3. The highest BCUT2D eigenvalue weighted by Crippen LogP contribution is 2.36. The second-order valence-electron chi connectivity index (χ2n) is 7.30. The summed E-state index contributed by atoms with van der Waals surface area (Å²) in [4.78, 5) is 14.5. The summed E-state index contributed by atoms with van der Waals surface area (Å²) in [7, 11) is 1.58. The third kappa shape index (κ3) is 4.25. The maximum Gasteiger partial charge on any atom is 0.434 e. The van der Waals surface area contributed by atoms with E-state index in [4.69, 9.17) is 16.3 Å². The molecule has 0 radical (unpaired) electrons. The lowest BCUT2D eigenvalue weighted by Gasteiger charge is -2.18. The van der Waals surface area contributed by atoms with Crippen molar-refractivity contribution in [1.29, 1.82) is 0 Å². The SMILES string of the molecule is COc1ccc(C2CCN(C(=O)c3cnn(-c4ccc(Cl)cc4)c3C(F)(F)F)C2)cc1. The molecule has 1 saturated heterocycles. The van der Waals surface area contributed by atoms with Gasteiger partial charge in [-0.3, -0.25) is 4.79 Å². The van der Waals surface area contributed by atoms with Crippen LogP contribution in [0.5, 0.6) is 5.75 Å². The number of methoxy groups -OCH3 is 1. The fourth-order valence-electron chi connectivity index (χ4n) is 3.82. The van der Waals surface area contributed by atoms with Crippen LogP contribution in [0.3, 0.4) is 0 Å². The largest absolute Gasteiger partial charge is 0.497 e. The van der Waals surface area contributed by atoms with Crippen LogP contribution in [0.2, 0.25) is 5.02 Å². The van der Waals surface area contributed by atoms with E-state index in [-0.39, 0.29) is 11.6 Å². The molecule has 1 unspecified atom stereocenters. The molecular weight excluding hydrogens is 431 g/mol. The molecule has 1 fully saturated rings. The van der Waals surface area contributed by atoms with Gasteiger partial charge in [-0.2, -0.15) is 18.3 Å². The number of carbonyl (C=O) groups is 1. The molecule has 3 aromatic rings. The van der Waals surface area contributed by atoms with Gasteiger partial charge in [0.15, 0.2) is 5.69 Å². The van der Waals surface area contributed by atoms with Crippen molar-refractivity contribution >= 4 is 17.5 Å². The number of carbonyl (C=O) groups excluding carboxylic acids is 1. The average molecular weight is 450 g/mol. The number of hydrogen-bond acceptors (Lipinski definition) is 3. The van der Waals surface area contributed by atoms with E-state index in [0.717, 1.165) is 22.2 Å². The number of alkyl halides is 3. The molecule has 4 rings (SSSR count). The summed E-state index contributed by atoms with van der Waals surface area (Å²) in [5, 5.41) is 4.25. The van der Waals surface area contributed by atoms with Gasteiger partial charge >= 0.3 is 6.18 Å². The van der Waals surface area contributed by atoms with E-state index in [1.54, 1.807) is 7.11 Å². The van der Waals surface area contributed by atoms with Gasteiger partial charge in [0.2, 0.25) is 0 Å². The van der Waals surface area contributed by atoms with Gasteiger partial charge < -0.3 is 9.64 Å². The minimum Gasteiger partial charge on any atom is -0.497 e. The molecule has 2 heterocycles. The summed E-state index contributed by atoms with van der Waals surface area (Å²) in [6, 6.07) is 13.3. The average Bonchev–Trinajstić information content (AvgIpc) is 3.41. The lowest BCUT2D eigenvalue weighted by molar-refractivity contribution is -0.143. The molecule has 1 aromatic heterocycles. The highest BCUT2D eigenvalue weighted by molar-refractivity contribution is 6.30. The van der Waals surface area contributed by atoms with Crippen molar-refractivity contribution in [2.24, 2.45) is 0 Å². The third-order valence-corrected chi connectivity index (χ3v) is 5.65. The summed E-state index contributed by atoms with van der Waals surface area (Å²) in [6.45, 7) is 0.716. The van der Waals surface area contributed by atoms with Crippen LogP contribution in [-0.2, 0) is 6.18 Å². The van der Waals surface area contributed by atoms with E-state index in [9.17, 15) is 18.0 Å². The van der Waals surface area contributed by atoms with Crippen molar-refractivity contribution < 1.29 is 22.7 Å². The van der Waals surface area contributed by atoms with Gasteiger partial charge in [-0.1, -0.05) is 23.7 Å². The van der Waals surface area contributed by atoms with Gasteiger partial charge in [0, 0.05) is 24.0 Å². The Morgan fingerprint density at radius 2 is 1.81 bits per heavy atom. The lowest BCUT2D eigenvalue weighted by Crippen LogP contribution is -2.30. The zero-order chi connectivity index (χ0) is 22.2. The van der Waals surface area contributed by atoms with Crippen molar-refractivity contribution in [2.75, 3.05) is 20.2 Å². The van der Waals surface area contributed by atoms with Crippen molar-refractivity contribution in [3.05, 3.63) is 76.6 Å². The maximum atomic E-state index is 13.9. The van der Waals surface area contributed by atoms with Gasteiger partial charge in [-0.25, -0.2) is 4.68 Å². The van der Waals surface area contributed by atoms with Crippen LogP contribution in [0.15, 0.2) is 54.7 Å². The molecule has 9 heteroatoms. The smallest absolute Gasteiger partial charge is 0.434 e. The molecule has 1 aliphatic rings. The minimum atomic E-state index is -4.75. The Balaban J connectivity index is 1.60. The lowest BCUT2D eigenvalue weighted by atomic mass is 9.98. The quantitative estimate of drug-likeness (QED) is 0.551. The molecule has 1 aliphatic heterocycles. The van der Waals surface area contributed by atoms with E-state index in [2.05, 4.69) is 5.10 Å². The van der Waals surface area contributed by atoms with Crippen molar-refractivity contribution in [3.8, 4) is 11.4 Å². The van der Waals surface area contributed by atoms with Gasteiger partial charge in [0.05, 0.1) is 24.6 Å². The third-order valence-electron chi connectivity index (χ3n) is 5.40. The highest BCUT2D eigenvalue weighted by Gasteiger charge is 2.42. The first-order chi connectivity index (χ1) is 14.8. The summed E-state index contributed by atoms with van der Waals surface area (Å²) >= 11 is 5.83. The zero-order valence-electron chi connectivity index (χ0n) is 16.6. The molecule has 1 amide bonds. The van der Waals surface area contributed by atoms with Crippen LogP contribution in [0.1, 0.15) is 34.0 Å². The van der Waals surface area contributed by atoms with Crippen LogP contribution < -0.4 is 4.74 Å². The fraction of sp³-hybridized carbons (Fsp3) is 0.273. The molecule has 5 nitrogen and oxygen atoms in total. The van der Waals surface area contributed by atoms with E-state index in [1.165, 1.54) is 29.2 Å². The number of likely N-dealkylation sites (tertiary alicyclic amines) is 1. The number of aromatic nitrogens is 2. The first-order valence-electron chi connectivity index (χ1n) is 9.62. The zero-order valence-corrected chi connectivity index (χ0v) is 17.3. The summed E-state index contributed by atoms with van der Waals surface area (Å²) in [6.07, 6.45) is -3.10. The molecule has 0 bridgehead atoms. The number of ether oxygens (including phenoxy) is 1. The van der Waals surface area contributed by atoms with Crippen molar-refractivity contribution in [1.82, 2.24) is 14.7 Å². The number of benzene rings is 2. The number of rotatable bonds is 4. The van der Waals surface area contributed by atoms with Crippen LogP contribution in [-0.4, -0.2) is 40.8 Å². The van der Waals surface area contributed by atoms with E-state index >= 15 is 0 Å². The Hall–Kier alpha value is -3.00. The van der Waals surface area contributed by atoms with Crippen LogP contribution in [0.25, 0.3) is 5.69 Å². The van der Waals surface area contributed by atoms with Crippen LogP contribution in [0, 0.1) is 0 Å². The van der Waals surface area contributed by atoms with Gasteiger partial charge in [0.1, 0.15) is 5.75 Å². The molecule has 162 valence electrons. The second kappa shape index (κ2) is 8.26. The van der Waals surface area contributed by atoms with E-state index < -0.39 is 23.3 Å². The Labute approximate surface area is 182 Å². The fourth-order valence-corrected chi connectivity index (χ4v) is 3.95. The highest BCUT2D eigenvalue weighted by atomic mass is 35.5. The van der Waals surface area contributed by atoms with Gasteiger partial charge in [0.25, 0.3) is 5.91 Å². The van der Waals surface area contributed by atoms with Gasteiger partial charge in [-0.15, -0.1) is 0 Å². The van der Waals surface area contributed by atoms with Gasteiger partial charge in [-0.05, 0) is 48.4 Å². The molecule has 31 heavy (non-hydrogen) atoms. The molecule has 1 atom stereocenters. The Morgan fingerprint density at radius 3 is 2.42 bits per heavy atom. The predicted molar refractivity (Wildman–Crippen MR) is 110 cm³/mol. The number of amides is 1. The number of halogens is 4. The molecule has 0 spiro atoms. The van der Waals surface area contributed by atoms with Crippen LogP contribution >= 0.6 is 11.6 Å². The topological polar surface area (TPSA) is 47.4 Å². The van der Waals surface area contributed by atoms with Crippen LogP contribution in [0.4, 0.5) is 13.2 Å². The number of hydrogen-bond donors (Lipinski definition) is 0. The molecule has 0 saturated carbocycles. The van der Waals surface area contributed by atoms with E-state index in [0.29, 0.717) is 24.5 Å². The first-order valence-corrected chi connectivity index (χ1v) is 10.00. The normalized spacial score (nSPS) is 16.5. The maximum absolute atomic E-state index is 13.9. The summed E-state index contributed by atoms with van der Waals surface area (Å²) in [5.74, 6) is 0.0955. The second-order valence-corrected chi connectivity index (χ2v) is 7.74. The summed E-state index contributed by atoms with van der Waals surface area (Å²) in [5.41, 5.74) is -0.358. The predicted octanol–water partition coefficient (Wildman–Crippen LogP) is 5.18. The number of nitrogens with zero attached hydrogens (tertiary/aromatic N) is 3. The Kier molecular flexibility index (Phi) is 5.66. The van der Waals surface area contributed by atoms with Crippen molar-refractivity contribution in [3.63, 3.8) is 0 Å². The first kappa shape index (κ1) is 21.2.